The molecule has 0 radical (unpaired) electrons. The Labute approximate surface area is 188 Å². The molecule has 176 valence electrons. The number of aromatic nitrogens is 3. The average Bonchev–Trinajstić information content (AvgIpc) is 3.32. The highest BCUT2D eigenvalue weighted by Gasteiger charge is 2.38. The highest BCUT2D eigenvalue weighted by molar-refractivity contribution is 5.85. The molecule has 0 bridgehead atoms. The lowest BCUT2D eigenvalue weighted by Crippen LogP contribution is -2.52. The molecular weight excluding hydrogens is 441 g/mol. The molecule has 0 aliphatic carbocycles. The Balaban J connectivity index is 1.65. The molecule has 9 nitrogen and oxygen atoms in total. The van der Waals surface area contributed by atoms with Gasteiger partial charge in [0, 0.05) is 25.2 Å². The number of likely N-dealkylation sites (tertiary alicyclic amines) is 1. The van der Waals surface area contributed by atoms with Gasteiger partial charge in [-0.25, -0.2) is 14.5 Å². The minimum atomic E-state index is -4.93. The topological polar surface area (TPSA) is 93.7 Å². The maximum absolute atomic E-state index is 13.1. The summed E-state index contributed by atoms with van der Waals surface area (Å²) in [7, 11) is 0. The molecule has 2 amide bonds. The SMILES string of the molecule is [C-]#[N+]c1ccc(CNC(=O)[C@@H]2CCCN(C(=O)C(C)(C)n3cncn3)C2)c(OC(F)(F)F)c1. The van der Waals surface area contributed by atoms with Gasteiger partial charge in [0.15, 0.2) is 5.69 Å². The quantitative estimate of drug-likeness (QED) is 0.664. The molecule has 0 spiro atoms. The van der Waals surface area contributed by atoms with E-state index in [1.807, 2.05) is 0 Å². The summed E-state index contributed by atoms with van der Waals surface area (Å²) in [6, 6.07) is 3.65. The lowest BCUT2D eigenvalue weighted by molar-refractivity contribution is -0.274. The average molecular weight is 464 g/mol. The van der Waals surface area contributed by atoms with Crippen LogP contribution in [0.25, 0.3) is 4.85 Å². The minimum Gasteiger partial charge on any atom is -0.407 e. The van der Waals surface area contributed by atoms with Crippen LogP contribution in [0.3, 0.4) is 0 Å². The molecule has 1 saturated heterocycles. The number of carbonyl (C=O) groups excluding carboxylic acids is 2. The smallest absolute Gasteiger partial charge is 0.407 e. The Morgan fingerprint density at radius 3 is 2.73 bits per heavy atom. The summed E-state index contributed by atoms with van der Waals surface area (Å²) >= 11 is 0. The highest BCUT2D eigenvalue weighted by atomic mass is 19.4. The lowest BCUT2D eigenvalue weighted by atomic mass is 9.94. The van der Waals surface area contributed by atoms with Crippen LogP contribution in [0.5, 0.6) is 5.75 Å². The van der Waals surface area contributed by atoms with Gasteiger partial charge in [0.2, 0.25) is 11.8 Å². The number of nitrogens with zero attached hydrogens (tertiary/aromatic N) is 5. The Morgan fingerprint density at radius 1 is 1.33 bits per heavy atom. The molecule has 1 aromatic heterocycles. The van der Waals surface area contributed by atoms with Gasteiger partial charge in [-0.15, -0.1) is 13.2 Å². The zero-order valence-corrected chi connectivity index (χ0v) is 18.1. The van der Waals surface area contributed by atoms with Crippen molar-refractivity contribution in [1.82, 2.24) is 25.0 Å². The zero-order chi connectivity index (χ0) is 24.2. The monoisotopic (exact) mass is 464 g/mol. The van der Waals surface area contributed by atoms with Crippen LogP contribution in [-0.2, 0) is 21.7 Å². The summed E-state index contributed by atoms with van der Waals surface area (Å²) in [6.45, 7) is 10.9. The van der Waals surface area contributed by atoms with Crippen LogP contribution < -0.4 is 10.1 Å². The lowest BCUT2D eigenvalue weighted by Gasteiger charge is -2.37. The maximum atomic E-state index is 13.1. The fraction of sp³-hybridized carbons (Fsp3) is 0.476. The summed E-state index contributed by atoms with van der Waals surface area (Å²) in [5.41, 5.74) is -0.909. The fourth-order valence-electron chi connectivity index (χ4n) is 3.66. The molecule has 2 aromatic rings. The number of rotatable bonds is 6. The number of hydrogen-bond acceptors (Lipinski definition) is 5. The number of benzene rings is 1. The van der Waals surface area contributed by atoms with Crippen molar-refractivity contribution >= 4 is 17.5 Å². The predicted octanol–water partition coefficient (Wildman–Crippen LogP) is 3.02. The molecule has 0 saturated carbocycles. The van der Waals surface area contributed by atoms with Crippen LogP contribution in [0.15, 0.2) is 30.9 Å². The van der Waals surface area contributed by atoms with Crippen molar-refractivity contribution in [3.63, 3.8) is 0 Å². The van der Waals surface area contributed by atoms with Crippen LogP contribution in [0, 0.1) is 12.5 Å². The molecule has 12 heteroatoms. The van der Waals surface area contributed by atoms with E-state index in [2.05, 4.69) is 25.0 Å². The number of hydrogen-bond donors (Lipinski definition) is 1. The Kier molecular flexibility index (Phi) is 6.90. The van der Waals surface area contributed by atoms with Crippen LogP contribution in [0.2, 0.25) is 0 Å². The van der Waals surface area contributed by atoms with E-state index < -0.39 is 23.6 Å². The third-order valence-electron chi connectivity index (χ3n) is 5.45. The van der Waals surface area contributed by atoms with Gasteiger partial charge in [-0.1, -0.05) is 12.1 Å². The standard InChI is InChI=1S/C21H23F3N6O3/c1-20(2,30-13-26-12-28-30)19(32)29-8-4-5-15(11-29)18(31)27-10-14-6-7-16(25-3)9-17(14)33-21(22,23)24/h6-7,9,12-13,15H,4-5,8,10-11H2,1-2H3,(H,27,31)/t15-/m1/s1. The second-order valence-corrected chi connectivity index (χ2v) is 8.16. The minimum absolute atomic E-state index is 0.0132. The van der Waals surface area contributed by atoms with Crippen molar-refractivity contribution in [1.29, 1.82) is 0 Å². The molecule has 1 aliphatic heterocycles. The van der Waals surface area contributed by atoms with Crippen molar-refractivity contribution < 1.29 is 27.5 Å². The van der Waals surface area contributed by atoms with E-state index in [4.69, 9.17) is 6.57 Å². The number of alkyl halides is 3. The summed E-state index contributed by atoms with van der Waals surface area (Å²) in [5.74, 6) is -1.63. The second-order valence-electron chi connectivity index (χ2n) is 8.16. The van der Waals surface area contributed by atoms with Crippen LogP contribution in [0.4, 0.5) is 18.9 Å². The Bertz CT molecular complexity index is 1050. The van der Waals surface area contributed by atoms with Crippen LogP contribution >= 0.6 is 0 Å². The number of amides is 2. The molecule has 1 fully saturated rings. The number of halogens is 3. The first-order valence-electron chi connectivity index (χ1n) is 10.2. The van der Waals surface area contributed by atoms with Crippen molar-refractivity contribution in [3.05, 3.63) is 47.8 Å². The highest BCUT2D eigenvalue weighted by Crippen LogP contribution is 2.31. The molecule has 1 aliphatic rings. The Morgan fingerprint density at radius 2 is 2.09 bits per heavy atom. The first kappa shape index (κ1) is 24.0. The van der Waals surface area contributed by atoms with E-state index in [0.29, 0.717) is 19.4 Å². The maximum Gasteiger partial charge on any atom is 0.573 e. The number of ether oxygens (including phenoxy) is 1. The van der Waals surface area contributed by atoms with Gasteiger partial charge >= 0.3 is 6.36 Å². The fourth-order valence-corrected chi connectivity index (χ4v) is 3.66. The summed E-state index contributed by atoms with van der Waals surface area (Å²) in [4.78, 5) is 34.4. The van der Waals surface area contributed by atoms with Gasteiger partial charge in [-0.2, -0.15) is 5.10 Å². The van der Waals surface area contributed by atoms with Crippen molar-refractivity contribution in [2.75, 3.05) is 13.1 Å². The molecule has 1 aromatic carbocycles. The molecule has 33 heavy (non-hydrogen) atoms. The zero-order valence-electron chi connectivity index (χ0n) is 18.1. The Hall–Kier alpha value is -3.62. The molecule has 2 heterocycles. The van der Waals surface area contributed by atoms with E-state index in [-0.39, 0.29) is 36.2 Å². The predicted molar refractivity (Wildman–Crippen MR) is 110 cm³/mol. The van der Waals surface area contributed by atoms with Gasteiger partial charge in [0.05, 0.1) is 12.5 Å². The molecular formula is C21H23F3N6O3. The summed E-state index contributed by atoms with van der Waals surface area (Å²) < 4.78 is 43.7. The largest absolute Gasteiger partial charge is 0.573 e. The van der Waals surface area contributed by atoms with E-state index >= 15 is 0 Å². The third-order valence-corrected chi connectivity index (χ3v) is 5.45. The van der Waals surface area contributed by atoms with Gasteiger partial charge in [-0.05, 0) is 32.8 Å². The first-order chi connectivity index (χ1) is 15.5. The normalized spacial score (nSPS) is 16.7. The van der Waals surface area contributed by atoms with E-state index in [0.717, 1.165) is 6.07 Å². The van der Waals surface area contributed by atoms with Gasteiger partial charge in [0.25, 0.3) is 0 Å². The second kappa shape index (κ2) is 9.48. The van der Waals surface area contributed by atoms with Crippen LogP contribution in [-0.4, -0.2) is 50.9 Å². The van der Waals surface area contributed by atoms with Gasteiger partial charge in [-0.3, -0.25) is 9.59 Å². The number of carbonyl (C=O) groups is 2. The summed E-state index contributed by atoms with van der Waals surface area (Å²) in [6.07, 6.45) is -0.989. The van der Waals surface area contributed by atoms with E-state index in [1.165, 1.54) is 29.5 Å². The third kappa shape index (κ3) is 5.79. The molecule has 0 unspecified atom stereocenters. The van der Waals surface area contributed by atoms with Crippen molar-refractivity contribution in [3.8, 4) is 5.75 Å². The first-order valence-corrected chi connectivity index (χ1v) is 10.2. The van der Waals surface area contributed by atoms with Gasteiger partial charge in [0.1, 0.15) is 23.9 Å². The van der Waals surface area contributed by atoms with E-state index in [9.17, 15) is 22.8 Å². The number of nitrogens with one attached hydrogen (secondary N) is 1. The molecule has 1 atom stereocenters. The van der Waals surface area contributed by atoms with E-state index in [1.54, 1.807) is 18.7 Å². The van der Waals surface area contributed by atoms with Crippen molar-refractivity contribution in [2.45, 2.75) is 45.1 Å². The molecule has 1 N–H and O–H groups in total. The van der Waals surface area contributed by atoms with Crippen LogP contribution in [0.1, 0.15) is 32.3 Å². The van der Waals surface area contributed by atoms with Gasteiger partial charge < -0.3 is 15.0 Å². The summed E-state index contributed by atoms with van der Waals surface area (Å²) in [5, 5.41) is 6.66. The van der Waals surface area contributed by atoms with Crippen molar-refractivity contribution in [2.24, 2.45) is 5.92 Å². The number of piperidine rings is 1. The molecule has 3 rings (SSSR count).